The van der Waals surface area contributed by atoms with E-state index in [1.165, 1.54) is 28.8 Å². The fourth-order valence-electron chi connectivity index (χ4n) is 8.76. The van der Waals surface area contributed by atoms with Crippen LogP contribution in [-0.2, 0) is 72.0 Å². The van der Waals surface area contributed by atoms with Crippen LogP contribution < -0.4 is 71.6 Å². The molecular weight excluding hydrogens is 1080 g/mol. The third-order valence-electron chi connectivity index (χ3n) is 13.0. The number of benzene rings is 3. The number of likely N-dealkylation sites (tertiary alicyclic amines) is 1. The lowest BCUT2D eigenvalue weighted by Crippen LogP contribution is -2.61. The van der Waals surface area contributed by atoms with Gasteiger partial charge in [0.1, 0.15) is 48.0 Å². The summed E-state index contributed by atoms with van der Waals surface area (Å²) in [5.74, 6) is -9.47. The number of aromatic hydroxyl groups is 1. The van der Waals surface area contributed by atoms with Gasteiger partial charge in [-0.3, -0.25) is 57.7 Å². The van der Waals surface area contributed by atoms with Gasteiger partial charge in [-0.2, -0.15) is 11.8 Å². The van der Waals surface area contributed by atoms with Crippen LogP contribution in [-0.4, -0.2) is 161 Å². The van der Waals surface area contributed by atoms with E-state index in [1.54, 1.807) is 79.1 Å². The number of primary amides is 3. The Morgan fingerprint density at radius 1 is 0.585 bits per heavy atom. The largest absolute Gasteiger partial charge is 0.508 e. The summed E-state index contributed by atoms with van der Waals surface area (Å²) in [4.78, 5) is 154. The van der Waals surface area contributed by atoms with Gasteiger partial charge in [-0.15, -0.1) is 0 Å². The molecule has 3 aromatic rings. The molecule has 82 heavy (non-hydrogen) atoms. The van der Waals surface area contributed by atoms with Crippen LogP contribution in [0.4, 0.5) is 0 Å². The number of amides is 11. The number of carbonyl (C=O) groups is 11. The van der Waals surface area contributed by atoms with Gasteiger partial charge in [0.25, 0.3) is 0 Å². The zero-order valence-corrected chi connectivity index (χ0v) is 46.3. The average molecular weight is 1160 g/mol. The van der Waals surface area contributed by atoms with E-state index in [0.29, 0.717) is 23.3 Å². The summed E-state index contributed by atoms with van der Waals surface area (Å²) in [6.07, 6.45) is 0.640. The zero-order valence-electron chi connectivity index (χ0n) is 45.5. The number of aliphatic imine (C=N–C) groups is 1. The predicted molar refractivity (Wildman–Crippen MR) is 304 cm³/mol. The number of phenolic OH excluding ortho intramolecular Hbond substituents is 1. The van der Waals surface area contributed by atoms with Crippen LogP contribution in [0.3, 0.4) is 0 Å². The maximum absolute atomic E-state index is 14.5. The summed E-state index contributed by atoms with van der Waals surface area (Å²) in [6, 6.07) is 12.3. The number of phenols is 1. The van der Waals surface area contributed by atoms with Crippen molar-refractivity contribution in [2.45, 2.75) is 119 Å². The molecule has 27 nitrogen and oxygen atoms in total. The Morgan fingerprint density at radius 2 is 1.10 bits per heavy atom. The Bertz CT molecular complexity index is 2720. The minimum Gasteiger partial charge on any atom is -0.508 e. The maximum Gasteiger partial charge on any atom is 0.245 e. The highest BCUT2D eigenvalue weighted by Crippen LogP contribution is 2.21. The summed E-state index contributed by atoms with van der Waals surface area (Å²) < 4.78 is 0. The van der Waals surface area contributed by atoms with E-state index in [1.807, 2.05) is 0 Å². The number of guanidine groups is 1. The molecule has 1 aliphatic rings. The van der Waals surface area contributed by atoms with Crippen molar-refractivity contribution in [3.8, 4) is 5.75 Å². The van der Waals surface area contributed by atoms with Gasteiger partial charge in [0, 0.05) is 32.4 Å². The summed E-state index contributed by atoms with van der Waals surface area (Å²) >= 11 is 1.33. The molecule has 4 rings (SSSR count). The third-order valence-corrected chi connectivity index (χ3v) is 13.6. The van der Waals surface area contributed by atoms with Crippen LogP contribution in [0.25, 0.3) is 0 Å². The Labute approximate surface area is 478 Å². The number of hydrogen-bond acceptors (Lipinski definition) is 15. The van der Waals surface area contributed by atoms with E-state index in [0.717, 1.165) is 5.56 Å². The highest BCUT2D eigenvalue weighted by atomic mass is 32.2. The van der Waals surface area contributed by atoms with Gasteiger partial charge in [-0.05, 0) is 85.8 Å². The van der Waals surface area contributed by atoms with Crippen LogP contribution in [0.15, 0.2) is 89.9 Å². The first-order valence-corrected chi connectivity index (χ1v) is 27.8. The molecule has 0 aliphatic carbocycles. The van der Waals surface area contributed by atoms with E-state index in [2.05, 4.69) is 42.2 Å². The Morgan fingerprint density at radius 3 is 1.66 bits per heavy atom. The first-order chi connectivity index (χ1) is 39.0. The second-order valence-corrected chi connectivity index (χ2v) is 20.5. The molecule has 3 aromatic carbocycles. The quantitative estimate of drug-likeness (QED) is 0.0155. The first kappa shape index (κ1) is 65.7. The first-order valence-electron chi connectivity index (χ1n) is 26.5. The Kier molecular flexibility index (Phi) is 27.0. The monoisotopic (exact) mass is 1160 g/mol. The van der Waals surface area contributed by atoms with E-state index in [4.69, 9.17) is 34.4 Å². The molecule has 0 unspecified atom stereocenters. The maximum atomic E-state index is 14.5. The zero-order chi connectivity index (χ0) is 60.3. The summed E-state index contributed by atoms with van der Waals surface area (Å²) in [5, 5.41) is 27.9. The average Bonchev–Trinajstić information content (AvgIpc) is 4.07. The van der Waals surface area contributed by atoms with Crippen molar-refractivity contribution in [1.29, 1.82) is 0 Å². The normalized spacial score (nSPS) is 15.3. The lowest BCUT2D eigenvalue weighted by atomic mass is 10.0. The molecule has 0 saturated carbocycles. The molecule has 1 saturated heterocycles. The third kappa shape index (κ3) is 22.8. The van der Waals surface area contributed by atoms with Crippen molar-refractivity contribution in [3.05, 3.63) is 102 Å². The van der Waals surface area contributed by atoms with E-state index < -0.39 is 139 Å². The molecule has 8 atom stereocenters. The van der Waals surface area contributed by atoms with Crippen LogP contribution in [0.2, 0.25) is 0 Å². The second kappa shape index (κ2) is 33.7. The van der Waals surface area contributed by atoms with Crippen molar-refractivity contribution in [1.82, 2.24) is 42.1 Å². The number of hydrogen-bond donors (Lipinski definition) is 14. The smallest absolute Gasteiger partial charge is 0.245 e. The van der Waals surface area contributed by atoms with Crippen molar-refractivity contribution in [3.63, 3.8) is 0 Å². The molecule has 1 heterocycles. The van der Waals surface area contributed by atoms with E-state index in [9.17, 15) is 57.8 Å². The van der Waals surface area contributed by atoms with Crippen molar-refractivity contribution in [2.24, 2.45) is 39.4 Å². The van der Waals surface area contributed by atoms with E-state index >= 15 is 0 Å². The van der Waals surface area contributed by atoms with Gasteiger partial charge in [0.15, 0.2) is 5.96 Å². The Hall–Kier alpha value is -8.79. The summed E-state index contributed by atoms with van der Waals surface area (Å²) in [7, 11) is 0. The lowest BCUT2D eigenvalue weighted by molar-refractivity contribution is -0.142. The molecule has 28 heteroatoms. The number of nitrogens with zero attached hydrogens (tertiary/aromatic N) is 2. The fourth-order valence-corrected chi connectivity index (χ4v) is 9.24. The molecule has 11 amide bonds. The number of rotatable bonds is 34. The van der Waals surface area contributed by atoms with Crippen LogP contribution in [0.1, 0.15) is 68.1 Å². The van der Waals surface area contributed by atoms with Crippen molar-refractivity contribution >= 4 is 82.7 Å². The molecule has 0 radical (unpaired) electrons. The van der Waals surface area contributed by atoms with Crippen molar-refractivity contribution in [2.75, 3.05) is 31.6 Å². The van der Waals surface area contributed by atoms with Crippen LogP contribution >= 0.6 is 11.8 Å². The standard InChI is InChI=1S/C54H75N15O12S/c1-82-25-22-38(53(81)69-24-9-15-42(69)52(80)64-36(14-8-23-61-54(59)60)47(75)62-30-45(58)73)65-51(79)41(29-44(57)72)68-48(76)37(20-21-43(56)71)63-49(77)40(27-32-12-6-3-7-13-32)67-50(78)39(28-33-16-18-34(70)19-17-33)66-46(74)35(55)26-31-10-4-2-5-11-31/h2-7,10-13,16-19,35-42,70H,8-9,14-15,20-30,55H2,1H3,(H2,56,71)(H2,57,72)(H2,58,73)(H,62,75)(H,63,77)(H,64,80)(H,65,79)(H,66,74)(H,67,78)(H,68,76)(H4,59,60,61)/t35-,36-,37-,38-,39-,40-,41-,42-/m0/s1. The van der Waals surface area contributed by atoms with Gasteiger partial charge in [0.05, 0.1) is 19.0 Å². The summed E-state index contributed by atoms with van der Waals surface area (Å²) in [6.45, 7) is -0.338. The molecule has 0 aromatic heterocycles. The van der Waals surface area contributed by atoms with E-state index in [-0.39, 0.29) is 69.7 Å². The Balaban J connectivity index is 1.58. The van der Waals surface area contributed by atoms with Crippen LogP contribution in [0, 0.1) is 0 Å². The highest BCUT2D eigenvalue weighted by Gasteiger charge is 2.40. The molecule has 20 N–H and O–H groups in total. The lowest BCUT2D eigenvalue weighted by Gasteiger charge is -2.31. The molecule has 0 spiro atoms. The number of nitrogens with one attached hydrogen (secondary N) is 7. The molecular formula is C54H75N15O12S. The molecule has 444 valence electrons. The van der Waals surface area contributed by atoms with Crippen molar-refractivity contribution < 1.29 is 57.8 Å². The number of thioether (sulfide) groups is 1. The molecule has 0 bridgehead atoms. The molecule has 1 fully saturated rings. The SMILES string of the molecule is CSCC[C@H](NC(=O)[C@H](CC(N)=O)NC(=O)[C@H](CCC(N)=O)NC(=O)[C@H](Cc1ccccc1)NC(=O)[C@H](Cc1ccc(O)cc1)NC(=O)[C@@H](N)Cc1ccccc1)C(=O)N1CCC[C@H]1C(=O)N[C@@H](CCCN=C(N)N)C(=O)NCC(N)=O. The molecule has 1 aliphatic heterocycles. The topological polar surface area (TPSA) is 464 Å². The predicted octanol–water partition coefficient (Wildman–Crippen LogP) is -3.80. The fraction of sp³-hybridized carbons (Fsp3) is 0.444. The minimum atomic E-state index is -1.78. The number of nitrogens with two attached hydrogens (primary N) is 6. The van der Waals surface area contributed by atoms with Crippen LogP contribution in [0.5, 0.6) is 5.75 Å². The summed E-state index contributed by atoms with van der Waals surface area (Å²) in [5.41, 5.74) is 35.2. The van der Waals surface area contributed by atoms with Gasteiger partial charge in [0.2, 0.25) is 65.0 Å². The van der Waals surface area contributed by atoms with Gasteiger partial charge in [-0.1, -0.05) is 72.8 Å². The minimum absolute atomic E-state index is 0.00252. The van der Waals surface area contributed by atoms with Gasteiger partial charge in [-0.25, -0.2) is 0 Å². The van der Waals surface area contributed by atoms with Gasteiger partial charge < -0.3 is 81.6 Å². The second-order valence-electron chi connectivity index (χ2n) is 19.5. The highest BCUT2D eigenvalue weighted by molar-refractivity contribution is 7.98. The number of carbonyl (C=O) groups excluding carboxylic acids is 11. The van der Waals surface area contributed by atoms with Gasteiger partial charge >= 0.3 is 0 Å².